The zero-order chi connectivity index (χ0) is 15.3. The number of nitrogens with two attached hydrogens (primary N) is 1. The second kappa shape index (κ2) is 4.42. The van der Waals surface area contributed by atoms with Gasteiger partial charge in [-0.3, -0.25) is 9.20 Å². The van der Waals surface area contributed by atoms with Crippen molar-refractivity contribution in [3.05, 3.63) is 54.2 Å². The van der Waals surface area contributed by atoms with Crippen LogP contribution in [0.4, 0.5) is 10.2 Å². The molecule has 22 heavy (non-hydrogen) atoms. The van der Waals surface area contributed by atoms with E-state index < -0.39 is 5.82 Å². The number of pyridine rings is 1. The number of aromatic amines is 1. The van der Waals surface area contributed by atoms with Crippen molar-refractivity contribution in [2.24, 2.45) is 0 Å². The Bertz CT molecular complexity index is 1030. The van der Waals surface area contributed by atoms with Crippen molar-refractivity contribution in [3.8, 4) is 11.1 Å². The van der Waals surface area contributed by atoms with Gasteiger partial charge < -0.3 is 10.7 Å². The largest absolute Gasteiger partial charge is 0.382 e. The van der Waals surface area contributed by atoms with Crippen LogP contribution in [0, 0.1) is 5.82 Å². The van der Waals surface area contributed by atoms with E-state index in [4.69, 9.17) is 5.73 Å². The highest BCUT2D eigenvalue weighted by molar-refractivity contribution is 5.86. The minimum atomic E-state index is -0.522. The first-order valence-corrected chi connectivity index (χ1v) is 6.67. The van der Waals surface area contributed by atoms with Crippen LogP contribution in [0.25, 0.3) is 27.7 Å². The Morgan fingerprint density at radius 3 is 2.91 bits per heavy atom. The maximum atomic E-state index is 14.3. The monoisotopic (exact) mass is 294 g/mol. The van der Waals surface area contributed by atoms with Crippen molar-refractivity contribution >= 4 is 28.7 Å². The zero-order valence-corrected chi connectivity index (χ0v) is 11.4. The Balaban J connectivity index is 1.99. The van der Waals surface area contributed by atoms with E-state index in [0.29, 0.717) is 11.8 Å². The Kier molecular flexibility index (Phi) is 2.53. The smallest absolute Gasteiger partial charge is 0.176 e. The van der Waals surface area contributed by atoms with Crippen molar-refractivity contribution in [1.29, 1.82) is 0 Å². The number of nitrogens with zero attached hydrogens (tertiary/aromatic N) is 2. The summed E-state index contributed by atoms with van der Waals surface area (Å²) in [7, 11) is 0. The van der Waals surface area contributed by atoms with Crippen LogP contribution < -0.4 is 5.73 Å². The summed E-state index contributed by atoms with van der Waals surface area (Å²) >= 11 is 0. The van der Waals surface area contributed by atoms with Crippen LogP contribution in [0.3, 0.4) is 0 Å². The molecule has 3 heterocycles. The number of nitrogens with one attached hydrogen (secondary N) is 1. The molecule has 4 rings (SSSR count). The van der Waals surface area contributed by atoms with Gasteiger partial charge in [-0.1, -0.05) is 6.07 Å². The third-order valence-corrected chi connectivity index (χ3v) is 3.74. The van der Waals surface area contributed by atoms with Gasteiger partial charge in [0.25, 0.3) is 0 Å². The quantitative estimate of drug-likeness (QED) is 0.558. The number of H-pyrrole nitrogens is 1. The lowest BCUT2D eigenvalue weighted by molar-refractivity contribution is 0.111. The Morgan fingerprint density at radius 2 is 2.09 bits per heavy atom. The van der Waals surface area contributed by atoms with E-state index >= 15 is 0 Å². The van der Waals surface area contributed by atoms with Gasteiger partial charge >= 0.3 is 0 Å². The van der Waals surface area contributed by atoms with Gasteiger partial charge in [0.05, 0.1) is 0 Å². The fourth-order valence-electron chi connectivity index (χ4n) is 2.65. The molecule has 3 aromatic heterocycles. The third kappa shape index (κ3) is 1.70. The normalized spacial score (nSPS) is 11.3. The highest BCUT2D eigenvalue weighted by Gasteiger charge is 2.14. The van der Waals surface area contributed by atoms with E-state index in [1.807, 2.05) is 30.5 Å². The molecule has 4 aromatic rings. The number of hydrogen-bond donors (Lipinski definition) is 2. The van der Waals surface area contributed by atoms with Crippen LogP contribution in [0.15, 0.2) is 42.7 Å². The topological polar surface area (TPSA) is 76.2 Å². The first kappa shape index (κ1) is 12.6. The molecule has 0 atom stereocenters. The molecule has 0 saturated heterocycles. The Morgan fingerprint density at radius 1 is 1.23 bits per heavy atom. The number of aldehydes is 1. The predicted molar refractivity (Wildman–Crippen MR) is 82.2 cm³/mol. The highest BCUT2D eigenvalue weighted by atomic mass is 19.1. The summed E-state index contributed by atoms with van der Waals surface area (Å²) in [5.41, 5.74) is 8.34. The molecule has 0 amide bonds. The van der Waals surface area contributed by atoms with Gasteiger partial charge in [-0.05, 0) is 35.2 Å². The van der Waals surface area contributed by atoms with Crippen LogP contribution in [-0.2, 0) is 0 Å². The maximum absolute atomic E-state index is 14.3. The summed E-state index contributed by atoms with van der Waals surface area (Å²) in [5, 5.41) is 1.03. The summed E-state index contributed by atoms with van der Waals surface area (Å²) in [6.45, 7) is 0. The van der Waals surface area contributed by atoms with Gasteiger partial charge in [-0.25, -0.2) is 9.37 Å². The SMILES string of the molecule is Nc1nc2c(F)cc(-c3ccc4[nH]ccc4c3)cn2c1C=O. The fraction of sp³-hybridized carbons (Fsp3) is 0. The van der Waals surface area contributed by atoms with Crippen LogP contribution in [0.2, 0.25) is 0 Å². The summed E-state index contributed by atoms with van der Waals surface area (Å²) in [4.78, 5) is 18.1. The van der Waals surface area contributed by atoms with Crippen molar-refractivity contribution in [2.75, 3.05) is 5.73 Å². The third-order valence-electron chi connectivity index (χ3n) is 3.74. The molecular formula is C16H11FN4O. The van der Waals surface area contributed by atoms with E-state index in [0.717, 1.165) is 16.5 Å². The minimum Gasteiger partial charge on any atom is -0.382 e. The van der Waals surface area contributed by atoms with E-state index in [1.165, 1.54) is 10.5 Å². The summed E-state index contributed by atoms with van der Waals surface area (Å²) in [5.74, 6) is -0.501. The average Bonchev–Trinajstić information content (AvgIpc) is 3.10. The van der Waals surface area contributed by atoms with E-state index in [2.05, 4.69) is 9.97 Å². The van der Waals surface area contributed by atoms with Crippen LogP contribution in [0.1, 0.15) is 10.5 Å². The lowest BCUT2D eigenvalue weighted by Crippen LogP contribution is -1.96. The molecule has 0 fully saturated rings. The average molecular weight is 294 g/mol. The van der Waals surface area contributed by atoms with Crippen molar-refractivity contribution in [1.82, 2.24) is 14.4 Å². The molecule has 5 nitrogen and oxygen atoms in total. The van der Waals surface area contributed by atoms with E-state index in [-0.39, 0.29) is 17.2 Å². The number of rotatable bonds is 2. The molecule has 0 bridgehead atoms. The molecule has 0 aliphatic heterocycles. The fourth-order valence-corrected chi connectivity index (χ4v) is 2.65. The number of carbonyl (C=O) groups is 1. The van der Waals surface area contributed by atoms with Crippen LogP contribution >= 0.6 is 0 Å². The van der Waals surface area contributed by atoms with Gasteiger partial charge in [0.15, 0.2) is 23.6 Å². The Hall–Kier alpha value is -3.15. The second-order valence-electron chi connectivity index (χ2n) is 5.05. The molecule has 0 spiro atoms. The minimum absolute atomic E-state index is 0.0205. The molecule has 0 aliphatic carbocycles. The number of halogens is 1. The number of carbonyl (C=O) groups excluding carboxylic acids is 1. The van der Waals surface area contributed by atoms with Gasteiger partial charge in [0, 0.05) is 23.5 Å². The molecule has 3 N–H and O–H groups in total. The summed E-state index contributed by atoms with van der Waals surface area (Å²) in [6, 6.07) is 9.10. The molecule has 0 radical (unpaired) electrons. The Labute approximate surface area is 124 Å². The lowest BCUT2D eigenvalue weighted by atomic mass is 10.1. The number of hydrogen-bond acceptors (Lipinski definition) is 3. The first-order chi connectivity index (χ1) is 10.7. The first-order valence-electron chi connectivity index (χ1n) is 6.67. The van der Waals surface area contributed by atoms with Gasteiger partial charge in [-0.2, -0.15) is 0 Å². The van der Waals surface area contributed by atoms with Gasteiger partial charge in [-0.15, -0.1) is 0 Å². The molecule has 6 heteroatoms. The molecule has 0 unspecified atom stereocenters. The summed E-state index contributed by atoms with van der Waals surface area (Å²) in [6.07, 6.45) is 4.09. The summed E-state index contributed by atoms with van der Waals surface area (Å²) < 4.78 is 15.6. The van der Waals surface area contributed by atoms with E-state index in [9.17, 15) is 9.18 Å². The van der Waals surface area contributed by atoms with Crippen molar-refractivity contribution in [2.45, 2.75) is 0 Å². The number of imidazole rings is 1. The van der Waals surface area contributed by atoms with Gasteiger partial charge in [0.2, 0.25) is 0 Å². The number of aromatic nitrogens is 3. The van der Waals surface area contributed by atoms with Gasteiger partial charge in [0.1, 0.15) is 5.69 Å². The van der Waals surface area contributed by atoms with Crippen LogP contribution in [-0.4, -0.2) is 20.7 Å². The predicted octanol–water partition coefficient (Wildman–Crippen LogP) is 3.02. The van der Waals surface area contributed by atoms with Crippen molar-refractivity contribution in [3.63, 3.8) is 0 Å². The second-order valence-corrected chi connectivity index (χ2v) is 5.05. The lowest BCUT2D eigenvalue weighted by Gasteiger charge is -2.05. The molecular weight excluding hydrogens is 283 g/mol. The molecule has 0 saturated carbocycles. The molecule has 1 aromatic carbocycles. The number of anilines is 1. The molecule has 0 aliphatic rings. The van der Waals surface area contributed by atoms with Crippen LogP contribution in [0.5, 0.6) is 0 Å². The van der Waals surface area contributed by atoms with E-state index in [1.54, 1.807) is 6.20 Å². The maximum Gasteiger partial charge on any atom is 0.176 e. The number of fused-ring (bicyclic) bond motifs is 2. The van der Waals surface area contributed by atoms with Crippen molar-refractivity contribution < 1.29 is 9.18 Å². The number of benzene rings is 1. The number of nitrogen functional groups attached to an aromatic ring is 1. The standard InChI is InChI=1S/C16H11FN4O/c17-12-6-11(7-21-14(8-22)15(18)20-16(12)21)9-1-2-13-10(5-9)3-4-19-13/h1-8,19H,18H2. The zero-order valence-electron chi connectivity index (χ0n) is 11.4. The molecule has 108 valence electrons. The highest BCUT2D eigenvalue weighted by Crippen LogP contribution is 2.27.